The summed E-state index contributed by atoms with van der Waals surface area (Å²) in [5.41, 5.74) is 0.991. The topological polar surface area (TPSA) is 49.9 Å². The summed E-state index contributed by atoms with van der Waals surface area (Å²) in [5.74, 6) is -0.190. The molecule has 0 aromatic heterocycles. The summed E-state index contributed by atoms with van der Waals surface area (Å²) in [5, 5.41) is 0. The Kier molecular flexibility index (Phi) is 8.97. The van der Waals surface area contributed by atoms with Gasteiger partial charge in [-0.15, -0.1) is 0 Å². The van der Waals surface area contributed by atoms with Crippen LogP contribution >= 0.6 is 24.0 Å². The number of nitrogens with zero attached hydrogens (tertiary/aromatic N) is 2. The quantitative estimate of drug-likeness (QED) is 0.256. The Labute approximate surface area is 170 Å². The van der Waals surface area contributed by atoms with Crippen molar-refractivity contribution in [3.63, 3.8) is 0 Å². The van der Waals surface area contributed by atoms with Gasteiger partial charge in [-0.3, -0.25) is 14.5 Å². The fourth-order valence-corrected chi connectivity index (χ4v) is 3.83. The molecule has 1 amide bonds. The van der Waals surface area contributed by atoms with Crippen molar-refractivity contribution in [1.29, 1.82) is 0 Å². The zero-order valence-electron chi connectivity index (χ0n) is 15.8. The predicted octanol–water partition coefficient (Wildman–Crippen LogP) is 3.55. The van der Waals surface area contributed by atoms with Crippen molar-refractivity contribution in [2.75, 3.05) is 33.8 Å². The highest BCUT2D eigenvalue weighted by molar-refractivity contribution is 8.26. The number of esters is 1. The van der Waals surface area contributed by atoms with Gasteiger partial charge in [0.15, 0.2) is 0 Å². The van der Waals surface area contributed by atoms with Crippen LogP contribution in [0.4, 0.5) is 0 Å². The molecule has 0 atom stereocenters. The van der Waals surface area contributed by atoms with Crippen LogP contribution in [-0.4, -0.2) is 59.8 Å². The minimum Gasteiger partial charge on any atom is -0.464 e. The van der Waals surface area contributed by atoms with E-state index < -0.39 is 0 Å². The average molecular weight is 407 g/mol. The van der Waals surface area contributed by atoms with Gasteiger partial charge in [-0.1, -0.05) is 60.7 Å². The number of benzene rings is 1. The standard InChI is InChI=1S/C20H26N2O3S2/c1-21(2)13-14-25-18(23)11-7-4-8-12-22-19(24)17(27-20(22)26)15-16-9-5-3-6-10-16/h3,5-6,9-10,15H,4,7-8,11-14H2,1-2H3/b17-15-. The number of ether oxygens (including phenoxy) is 1. The number of hydrogen-bond donors (Lipinski definition) is 0. The summed E-state index contributed by atoms with van der Waals surface area (Å²) in [7, 11) is 3.88. The molecule has 146 valence electrons. The lowest BCUT2D eigenvalue weighted by molar-refractivity contribution is -0.144. The normalized spacial score (nSPS) is 15.8. The smallest absolute Gasteiger partial charge is 0.305 e. The number of hydrogen-bond acceptors (Lipinski definition) is 6. The second kappa shape index (κ2) is 11.2. The van der Waals surface area contributed by atoms with Crippen molar-refractivity contribution in [2.45, 2.75) is 25.7 Å². The molecule has 0 radical (unpaired) electrons. The zero-order valence-corrected chi connectivity index (χ0v) is 17.5. The van der Waals surface area contributed by atoms with E-state index in [0.717, 1.165) is 31.4 Å². The van der Waals surface area contributed by atoms with Crippen LogP contribution in [0, 0.1) is 0 Å². The van der Waals surface area contributed by atoms with Gasteiger partial charge in [-0.25, -0.2) is 0 Å². The Morgan fingerprint density at radius 3 is 2.67 bits per heavy atom. The van der Waals surface area contributed by atoms with Crippen LogP contribution in [0.15, 0.2) is 35.2 Å². The maximum Gasteiger partial charge on any atom is 0.305 e. The minimum atomic E-state index is -0.159. The number of amides is 1. The molecule has 27 heavy (non-hydrogen) atoms. The molecule has 7 heteroatoms. The van der Waals surface area contributed by atoms with Crippen molar-refractivity contribution in [1.82, 2.24) is 9.80 Å². The van der Waals surface area contributed by atoms with E-state index in [2.05, 4.69) is 0 Å². The molecule has 1 heterocycles. The van der Waals surface area contributed by atoms with E-state index >= 15 is 0 Å². The number of rotatable bonds is 10. The second-order valence-corrected chi connectivity index (χ2v) is 8.25. The van der Waals surface area contributed by atoms with Crippen molar-refractivity contribution in [2.24, 2.45) is 0 Å². The first-order valence-corrected chi connectivity index (χ1v) is 10.3. The first-order valence-electron chi connectivity index (χ1n) is 9.08. The summed E-state index contributed by atoms with van der Waals surface area (Å²) >= 11 is 6.70. The highest BCUT2D eigenvalue weighted by Gasteiger charge is 2.31. The van der Waals surface area contributed by atoms with Crippen molar-refractivity contribution in [3.8, 4) is 0 Å². The molecular weight excluding hydrogens is 380 g/mol. The zero-order chi connectivity index (χ0) is 19.6. The lowest BCUT2D eigenvalue weighted by Gasteiger charge is -2.14. The summed E-state index contributed by atoms with van der Waals surface area (Å²) in [6.07, 6.45) is 4.73. The lowest BCUT2D eigenvalue weighted by Crippen LogP contribution is -2.29. The molecule has 2 rings (SSSR count). The first-order chi connectivity index (χ1) is 13.0. The Bertz CT molecular complexity index is 690. The van der Waals surface area contributed by atoms with Gasteiger partial charge in [0.1, 0.15) is 10.9 Å². The van der Waals surface area contributed by atoms with E-state index in [4.69, 9.17) is 17.0 Å². The molecule has 1 aromatic rings. The number of carbonyl (C=O) groups is 2. The van der Waals surface area contributed by atoms with Crippen molar-refractivity contribution in [3.05, 3.63) is 40.8 Å². The van der Waals surface area contributed by atoms with E-state index in [1.54, 1.807) is 4.90 Å². The van der Waals surface area contributed by atoms with Gasteiger partial charge in [0.25, 0.3) is 5.91 Å². The molecule has 0 saturated carbocycles. The molecule has 1 aliphatic rings. The van der Waals surface area contributed by atoms with Gasteiger partial charge in [0, 0.05) is 19.5 Å². The monoisotopic (exact) mass is 406 g/mol. The number of thioether (sulfide) groups is 1. The van der Waals surface area contributed by atoms with Crippen molar-refractivity contribution >= 4 is 46.3 Å². The Morgan fingerprint density at radius 1 is 1.22 bits per heavy atom. The summed E-state index contributed by atoms with van der Waals surface area (Å²) in [4.78, 5) is 28.5. The summed E-state index contributed by atoms with van der Waals surface area (Å²) in [6.45, 7) is 1.75. The molecule has 0 aliphatic carbocycles. The second-order valence-electron chi connectivity index (χ2n) is 6.58. The highest BCUT2D eigenvalue weighted by atomic mass is 32.2. The Balaban J connectivity index is 1.69. The third-order valence-corrected chi connectivity index (χ3v) is 5.41. The van der Waals surface area contributed by atoms with Crippen LogP contribution in [0.25, 0.3) is 6.08 Å². The molecular formula is C20H26N2O3S2. The maximum absolute atomic E-state index is 12.5. The molecule has 0 unspecified atom stereocenters. The van der Waals surface area contributed by atoms with Crippen LogP contribution in [0.5, 0.6) is 0 Å². The largest absolute Gasteiger partial charge is 0.464 e. The van der Waals surface area contributed by atoms with Gasteiger partial charge in [0.05, 0.1) is 4.91 Å². The van der Waals surface area contributed by atoms with E-state index in [1.807, 2.05) is 55.4 Å². The Hall–Kier alpha value is -1.70. The van der Waals surface area contributed by atoms with Crippen LogP contribution in [0.1, 0.15) is 31.2 Å². The van der Waals surface area contributed by atoms with Gasteiger partial charge >= 0.3 is 5.97 Å². The minimum absolute atomic E-state index is 0.0306. The highest BCUT2D eigenvalue weighted by Crippen LogP contribution is 2.32. The molecule has 1 aromatic carbocycles. The number of carbonyl (C=O) groups excluding carboxylic acids is 2. The molecule has 0 bridgehead atoms. The number of thiocarbonyl (C=S) groups is 1. The van der Waals surface area contributed by atoms with Crippen LogP contribution in [0.3, 0.4) is 0 Å². The van der Waals surface area contributed by atoms with Crippen LogP contribution < -0.4 is 0 Å². The summed E-state index contributed by atoms with van der Waals surface area (Å²) < 4.78 is 5.76. The van der Waals surface area contributed by atoms with Gasteiger partial charge in [0.2, 0.25) is 0 Å². The third-order valence-electron chi connectivity index (χ3n) is 4.04. The molecule has 5 nitrogen and oxygen atoms in total. The fraction of sp³-hybridized carbons (Fsp3) is 0.450. The van der Waals surface area contributed by atoms with Gasteiger partial charge in [-0.05, 0) is 38.6 Å². The Morgan fingerprint density at radius 2 is 1.96 bits per heavy atom. The van der Waals surface area contributed by atoms with Gasteiger partial charge < -0.3 is 9.64 Å². The fourth-order valence-electron chi connectivity index (χ4n) is 2.52. The van der Waals surface area contributed by atoms with Gasteiger partial charge in [-0.2, -0.15) is 0 Å². The van der Waals surface area contributed by atoms with Crippen LogP contribution in [-0.2, 0) is 14.3 Å². The van der Waals surface area contributed by atoms with E-state index in [9.17, 15) is 9.59 Å². The lowest BCUT2D eigenvalue weighted by atomic mass is 10.2. The van der Waals surface area contributed by atoms with E-state index in [1.165, 1.54) is 11.8 Å². The van der Waals surface area contributed by atoms with E-state index in [0.29, 0.717) is 28.8 Å². The molecule has 1 aliphatic heterocycles. The molecule has 1 fully saturated rings. The average Bonchev–Trinajstić information content (AvgIpc) is 2.89. The number of likely N-dealkylation sites (N-methyl/N-ethyl adjacent to an activating group) is 1. The first kappa shape index (κ1) is 21.6. The van der Waals surface area contributed by atoms with Crippen LogP contribution in [0.2, 0.25) is 0 Å². The SMILES string of the molecule is CN(C)CCOC(=O)CCCCCN1C(=O)/C(=C/c2ccccc2)SC1=S. The summed E-state index contributed by atoms with van der Waals surface area (Å²) in [6, 6.07) is 9.76. The number of unbranched alkanes of at least 4 members (excludes halogenated alkanes) is 2. The molecule has 0 spiro atoms. The predicted molar refractivity (Wildman–Crippen MR) is 114 cm³/mol. The molecule has 1 saturated heterocycles. The third kappa shape index (κ3) is 7.44. The molecule has 0 N–H and O–H groups in total. The van der Waals surface area contributed by atoms with E-state index in [-0.39, 0.29) is 11.9 Å². The van der Waals surface area contributed by atoms with Crippen molar-refractivity contribution < 1.29 is 14.3 Å². The maximum atomic E-state index is 12.5.